The van der Waals surface area contributed by atoms with E-state index < -0.39 is 0 Å². The second kappa shape index (κ2) is 19.6. The topological polar surface area (TPSA) is 76.3 Å². The number of aromatic nitrogens is 1. The largest absolute Gasteiger partial charge is 0.370 e. The number of benzene rings is 2. The Labute approximate surface area is 230 Å². The molecule has 2 aromatic carbocycles. The summed E-state index contributed by atoms with van der Waals surface area (Å²) in [7, 11) is 0. The number of hydrogen-bond acceptors (Lipinski definition) is 3. The number of likely N-dealkylation sites (tertiary alicyclic amines) is 1. The molecule has 1 fully saturated rings. The SMILES string of the molecule is CC.CC(N)=O.CCc1ccc(C)cc1.O=C(CCc1cccnc1)N1CCC(Cc2ccccc2)CC1. The molecule has 1 aliphatic rings. The first-order valence-electron chi connectivity index (χ1n) is 13.9. The number of nitrogens with two attached hydrogens (primary N) is 1. The van der Waals surface area contributed by atoms with Crippen LogP contribution in [0, 0.1) is 12.8 Å². The summed E-state index contributed by atoms with van der Waals surface area (Å²) in [5, 5.41) is 0. The average Bonchev–Trinajstić information content (AvgIpc) is 2.95. The summed E-state index contributed by atoms with van der Waals surface area (Å²) < 4.78 is 0. The zero-order valence-corrected chi connectivity index (χ0v) is 24.0. The zero-order valence-electron chi connectivity index (χ0n) is 24.0. The lowest BCUT2D eigenvalue weighted by atomic mass is 9.90. The van der Waals surface area contributed by atoms with Crippen LogP contribution in [0.25, 0.3) is 0 Å². The molecule has 38 heavy (non-hydrogen) atoms. The Bertz CT molecular complexity index is 1010. The Morgan fingerprint density at radius 1 is 0.895 bits per heavy atom. The summed E-state index contributed by atoms with van der Waals surface area (Å²) in [6, 6.07) is 23.3. The molecule has 5 nitrogen and oxygen atoms in total. The predicted octanol–water partition coefficient (Wildman–Crippen LogP) is 6.57. The molecule has 0 saturated carbocycles. The Morgan fingerprint density at radius 3 is 2.00 bits per heavy atom. The van der Waals surface area contributed by atoms with Gasteiger partial charge in [-0.25, -0.2) is 0 Å². The van der Waals surface area contributed by atoms with Crippen molar-refractivity contribution >= 4 is 11.8 Å². The van der Waals surface area contributed by atoms with E-state index in [9.17, 15) is 9.59 Å². The second-order valence-electron chi connectivity index (χ2n) is 9.32. The highest BCUT2D eigenvalue weighted by atomic mass is 16.2. The Hall–Kier alpha value is -3.47. The first kappa shape index (κ1) is 32.6. The summed E-state index contributed by atoms with van der Waals surface area (Å²) in [5.74, 6) is 0.659. The second-order valence-corrected chi connectivity index (χ2v) is 9.32. The fourth-order valence-corrected chi connectivity index (χ4v) is 4.11. The molecule has 0 bridgehead atoms. The van der Waals surface area contributed by atoms with Crippen LogP contribution in [0.1, 0.15) is 69.2 Å². The van der Waals surface area contributed by atoms with Gasteiger partial charge >= 0.3 is 0 Å². The number of hydrogen-bond donors (Lipinski definition) is 1. The van der Waals surface area contributed by atoms with Crippen LogP contribution in [-0.2, 0) is 28.9 Å². The van der Waals surface area contributed by atoms with E-state index in [2.05, 4.69) is 79.2 Å². The third-order valence-electron chi connectivity index (χ3n) is 6.21. The number of carbonyl (C=O) groups excluding carboxylic acids is 2. The van der Waals surface area contributed by atoms with Crippen LogP contribution < -0.4 is 5.73 Å². The van der Waals surface area contributed by atoms with E-state index in [-0.39, 0.29) is 11.8 Å². The van der Waals surface area contributed by atoms with E-state index in [1.54, 1.807) is 6.20 Å². The quantitative estimate of drug-likeness (QED) is 0.402. The van der Waals surface area contributed by atoms with Crippen molar-refractivity contribution in [2.45, 2.75) is 73.1 Å². The summed E-state index contributed by atoms with van der Waals surface area (Å²) in [5.41, 5.74) is 9.78. The standard InChI is InChI=1S/C20H24N2O.C9H12.C2H5NO.C2H6/c23-20(9-8-19-7-4-12-21-16-19)22-13-10-18(11-14-22)15-17-5-2-1-3-6-17;1-3-9-6-4-8(2)5-7-9;1-2(3)4;1-2/h1-7,12,16,18H,8-11,13-15H2;4-7H,3H2,1-2H3;1H3,(H2,3,4);1-2H3. The molecule has 2 N–H and O–H groups in total. The summed E-state index contributed by atoms with van der Waals surface area (Å²) in [6.07, 6.45) is 9.51. The Morgan fingerprint density at radius 2 is 1.47 bits per heavy atom. The van der Waals surface area contributed by atoms with Crippen molar-refractivity contribution in [3.05, 3.63) is 101 Å². The van der Waals surface area contributed by atoms with Gasteiger partial charge in [0.15, 0.2) is 0 Å². The molecule has 1 aliphatic heterocycles. The normalized spacial score (nSPS) is 12.5. The highest BCUT2D eigenvalue weighted by Gasteiger charge is 2.22. The van der Waals surface area contributed by atoms with Gasteiger partial charge in [-0.05, 0) is 67.7 Å². The van der Waals surface area contributed by atoms with Crippen molar-refractivity contribution in [1.82, 2.24) is 9.88 Å². The van der Waals surface area contributed by atoms with Gasteiger partial charge in [-0.1, -0.05) is 87.0 Å². The van der Waals surface area contributed by atoms with Crippen LogP contribution >= 0.6 is 0 Å². The maximum Gasteiger partial charge on any atom is 0.222 e. The summed E-state index contributed by atoms with van der Waals surface area (Å²) in [4.78, 5) is 27.7. The number of piperidine rings is 1. The van der Waals surface area contributed by atoms with Crippen molar-refractivity contribution in [2.24, 2.45) is 11.7 Å². The molecule has 0 radical (unpaired) electrons. The lowest BCUT2D eigenvalue weighted by molar-refractivity contribution is -0.132. The number of amides is 2. The van der Waals surface area contributed by atoms with Gasteiger partial charge in [-0.2, -0.15) is 0 Å². The molecule has 5 heteroatoms. The van der Waals surface area contributed by atoms with Gasteiger partial charge in [0.25, 0.3) is 0 Å². The smallest absolute Gasteiger partial charge is 0.222 e. The van der Waals surface area contributed by atoms with Crippen LogP contribution in [-0.4, -0.2) is 34.8 Å². The van der Waals surface area contributed by atoms with Gasteiger partial charge in [0.05, 0.1) is 0 Å². The Kier molecular flexibility index (Phi) is 16.8. The molecule has 0 atom stereocenters. The summed E-state index contributed by atoms with van der Waals surface area (Å²) in [6.45, 7) is 11.4. The number of pyridine rings is 1. The molecule has 2 amide bonds. The third kappa shape index (κ3) is 14.3. The molecule has 2 heterocycles. The molecule has 4 rings (SSSR count). The lowest BCUT2D eigenvalue weighted by Gasteiger charge is -2.32. The van der Waals surface area contributed by atoms with Crippen molar-refractivity contribution in [1.29, 1.82) is 0 Å². The van der Waals surface area contributed by atoms with Crippen LogP contribution in [0.3, 0.4) is 0 Å². The number of aryl methyl sites for hydroxylation is 3. The number of primary amides is 1. The van der Waals surface area contributed by atoms with E-state index in [0.717, 1.165) is 50.8 Å². The van der Waals surface area contributed by atoms with Crippen molar-refractivity contribution < 1.29 is 9.59 Å². The number of rotatable bonds is 6. The lowest BCUT2D eigenvalue weighted by Crippen LogP contribution is -2.39. The number of carbonyl (C=O) groups is 2. The molecular formula is C33H47N3O2. The highest BCUT2D eigenvalue weighted by Crippen LogP contribution is 2.22. The predicted molar refractivity (Wildman–Crippen MR) is 159 cm³/mol. The molecule has 1 saturated heterocycles. The van der Waals surface area contributed by atoms with Crippen LogP contribution in [0.4, 0.5) is 0 Å². The number of nitrogens with zero attached hydrogens (tertiary/aromatic N) is 2. The fourth-order valence-electron chi connectivity index (χ4n) is 4.11. The first-order valence-corrected chi connectivity index (χ1v) is 13.9. The first-order chi connectivity index (χ1) is 18.4. The van der Waals surface area contributed by atoms with Gasteiger partial charge in [0.1, 0.15) is 0 Å². The molecular weight excluding hydrogens is 470 g/mol. The molecule has 0 unspecified atom stereocenters. The monoisotopic (exact) mass is 517 g/mol. The maximum absolute atomic E-state index is 12.3. The van der Waals surface area contributed by atoms with Gasteiger partial charge < -0.3 is 10.6 Å². The van der Waals surface area contributed by atoms with Gasteiger partial charge in [0.2, 0.25) is 11.8 Å². The minimum atomic E-state index is -0.333. The van der Waals surface area contributed by atoms with Crippen molar-refractivity contribution in [3.8, 4) is 0 Å². The average molecular weight is 518 g/mol. The fraction of sp³-hybridized carbons (Fsp3) is 0.424. The van der Waals surface area contributed by atoms with E-state index in [1.165, 1.54) is 23.6 Å². The van der Waals surface area contributed by atoms with Crippen molar-refractivity contribution in [3.63, 3.8) is 0 Å². The van der Waals surface area contributed by atoms with Gasteiger partial charge in [-0.3, -0.25) is 14.6 Å². The molecule has 0 spiro atoms. The van der Waals surface area contributed by atoms with Crippen LogP contribution in [0.5, 0.6) is 0 Å². The summed E-state index contributed by atoms with van der Waals surface area (Å²) >= 11 is 0. The van der Waals surface area contributed by atoms with Crippen molar-refractivity contribution in [2.75, 3.05) is 13.1 Å². The highest BCUT2D eigenvalue weighted by molar-refractivity contribution is 5.76. The van der Waals surface area contributed by atoms with E-state index in [0.29, 0.717) is 12.3 Å². The Balaban J connectivity index is 0.000000398. The molecule has 1 aromatic heterocycles. The van der Waals surface area contributed by atoms with E-state index >= 15 is 0 Å². The van der Waals surface area contributed by atoms with Gasteiger partial charge in [-0.15, -0.1) is 0 Å². The molecule has 206 valence electrons. The van der Waals surface area contributed by atoms with E-state index in [4.69, 9.17) is 0 Å². The third-order valence-corrected chi connectivity index (χ3v) is 6.21. The van der Waals surface area contributed by atoms with Crippen LogP contribution in [0.2, 0.25) is 0 Å². The molecule has 3 aromatic rings. The minimum absolute atomic E-state index is 0.284. The zero-order chi connectivity index (χ0) is 28.2. The minimum Gasteiger partial charge on any atom is -0.370 e. The maximum atomic E-state index is 12.3. The van der Waals surface area contributed by atoms with E-state index in [1.807, 2.05) is 37.1 Å². The van der Waals surface area contributed by atoms with Crippen LogP contribution in [0.15, 0.2) is 79.1 Å². The molecule has 0 aliphatic carbocycles. The van der Waals surface area contributed by atoms with Gasteiger partial charge in [0, 0.05) is 38.8 Å².